The highest BCUT2D eigenvalue weighted by Gasteiger charge is 2.09. The summed E-state index contributed by atoms with van der Waals surface area (Å²) in [6, 6.07) is 21.0. The number of aryl methyl sites for hydroxylation is 1. The second kappa shape index (κ2) is 8.61. The number of para-hydroxylation sites is 1. The Labute approximate surface area is 174 Å². The number of hydrogen-bond donors (Lipinski definition) is 2. The third-order valence-electron chi connectivity index (χ3n) is 4.60. The van der Waals surface area contributed by atoms with E-state index in [4.69, 9.17) is 4.74 Å². The molecule has 6 heteroatoms. The van der Waals surface area contributed by atoms with Crippen LogP contribution in [0.5, 0.6) is 11.5 Å². The highest BCUT2D eigenvalue weighted by Crippen LogP contribution is 2.26. The van der Waals surface area contributed by atoms with E-state index in [1.54, 1.807) is 24.4 Å². The molecule has 0 aliphatic rings. The second-order valence-corrected chi connectivity index (χ2v) is 6.80. The van der Waals surface area contributed by atoms with Crippen molar-refractivity contribution in [2.45, 2.75) is 13.8 Å². The summed E-state index contributed by atoms with van der Waals surface area (Å²) >= 11 is 0. The molecule has 0 aliphatic carbocycles. The minimum absolute atomic E-state index is 0.0967. The molecule has 0 saturated heterocycles. The minimum atomic E-state index is 0.0967. The number of benzene rings is 3. The molecule has 0 saturated carbocycles. The molecular weight excluding hydrogens is 376 g/mol. The van der Waals surface area contributed by atoms with Gasteiger partial charge in [-0.3, -0.25) is 5.43 Å². The van der Waals surface area contributed by atoms with Gasteiger partial charge in [0.25, 0.3) is 0 Å². The van der Waals surface area contributed by atoms with Crippen molar-refractivity contribution in [1.82, 2.24) is 9.97 Å². The Morgan fingerprint density at radius 1 is 1.03 bits per heavy atom. The summed E-state index contributed by atoms with van der Waals surface area (Å²) in [6.07, 6.45) is 1.55. The van der Waals surface area contributed by atoms with E-state index in [9.17, 15) is 5.11 Å². The van der Waals surface area contributed by atoms with Gasteiger partial charge in [0.05, 0.1) is 18.3 Å². The summed E-state index contributed by atoms with van der Waals surface area (Å²) in [5, 5.41) is 15.3. The average molecular weight is 398 g/mol. The molecule has 0 aliphatic heterocycles. The molecule has 0 bridgehead atoms. The number of anilines is 1. The first kappa shape index (κ1) is 19.4. The van der Waals surface area contributed by atoms with E-state index in [0.717, 1.165) is 16.5 Å². The Kier molecular flexibility index (Phi) is 5.57. The zero-order valence-electron chi connectivity index (χ0n) is 16.8. The Balaban J connectivity index is 1.65. The summed E-state index contributed by atoms with van der Waals surface area (Å²) in [6.45, 7) is 4.48. The van der Waals surface area contributed by atoms with Gasteiger partial charge in [-0.15, -0.1) is 0 Å². The largest absolute Gasteiger partial charge is 0.507 e. The lowest BCUT2D eigenvalue weighted by Crippen LogP contribution is -1.99. The summed E-state index contributed by atoms with van der Waals surface area (Å²) < 4.78 is 5.39. The molecule has 1 aromatic heterocycles. The first-order chi connectivity index (χ1) is 14.6. The first-order valence-electron chi connectivity index (χ1n) is 9.73. The number of fused-ring (bicyclic) bond motifs is 1. The van der Waals surface area contributed by atoms with Gasteiger partial charge in [-0.25, -0.2) is 9.97 Å². The summed E-state index contributed by atoms with van der Waals surface area (Å²) in [4.78, 5) is 9.36. The minimum Gasteiger partial charge on any atom is -0.507 e. The van der Waals surface area contributed by atoms with Crippen LogP contribution in [-0.4, -0.2) is 27.9 Å². The first-order valence-corrected chi connectivity index (χ1v) is 9.73. The van der Waals surface area contributed by atoms with Crippen LogP contribution in [-0.2, 0) is 0 Å². The van der Waals surface area contributed by atoms with Gasteiger partial charge in [-0.05, 0) is 38.1 Å². The van der Waals surface area contributed by atoms with E-state index in [-0.39, 0.29) is 5.75 Å². The maximum Gasteiger partial charge on any atom is 0.162 e. The SMILES string of the molecule is CCOc1ccc(C=NNc2nc(-c3ccc(C)cc3)nc3ccccc23)c(O)c1. The Morgan fingerprint density at radius 3 is 2.60 bits per heavy atom. The van der Waals surface area contributed by atoms with E-state index in [0.29, 0.717) is 29.6 Å². The summed E-state index contributed by atoms with van der Waals surface area (Å²) in [7, 11) is 0. The molecular formula is C24H22N4O2. The van der Waals surface area contributed by atoms with Crippen LogP contribution < -0.4 is 10.2 Å². The zero-order chi connectivity index (χ0) is 20.9. The van der Waals surface area contributed by atoms with E-state index < -0.39 is 0 Å². The predicted octanol–water partition coefficient (Wildman–Crippen LogP) is 5.16. The molecule has 150 valence electrons. The van der Waals surface area contributed by atoms with Crippen molar-refractivity contribution in [3.8, 4) is 22.9 Å². The fraction of sp³-hybridized carbons (Fsp3) is 0.125. The van der Waals surface area contributed by atoms with Crippen LogP contribution in [0, 0.1) is 6.92 Å². The van der Waals surface area contributed by atoms with Gasteiger partial charge in [-0.2, -0.15) is 5.10 Å². The highest BCUT2D eigenvalue weighted by atomic mass is 16.5. The maximum atomic E-state index is 10.2. The van der Waals surface area contributed by atoms with E-state index in [2.05, 4.69) is 20.5 Å². The van der Waals surface area contributed by atoms with Gasteiger partial charge in [-0.1, -0.05) is 42.0 Å². The number of phenols is 1. The van der Waals surface area contributed by atoms with Crippen LogP contribution in [0.25, 0.3) is 22.3 Å². The third kappa shape index (κ3) is 4.22. The molecule has 4 rings (SSSR count). The number of aromatic nitrogens is 2. The normalized spacial score (nSPS) is 11.1. The molecule has 0 radical (unpaired) electrons. The van der Waals surface area contributed by atoms with Gasteiger partial charge < -0.3 is 9.84 Å². The van der Waals surface area contributed by atoms with Gasteiger partial charge in [0.15, 0.2) is 11.6 Å². The topological polar surface area (TPSA) is 79.6 Å². The van der Waals surface area contributed by atoms with Crippen LogP contribution >= 0.6 is 0 Å². The van der Waals surface area contributed by atoms with Crippen molar-refractivity contribution >= 4 is 22.9 Å². The van der Waals surface area contributed by atoms with E-state index >= 15 is 0 Å². The molecule has 1 heterocycles. The van der Waals surface area contributed by atoms with Crippen molar-refractivity contribution < 1.29 is 9.84 Å². The number of ether oxygens (including phenoxy) is 1. The Hall–Kier alpha value is -3.93. The molecule has 0 atom stereocenters. The van der Waals surface area contributed by atoms with Gasteiger partial charge in [0.2, 0.25) is 0 Å². The van der Waals surface area contributed by atoms with Crippen LogP contribution in [0.2, 0.25) is 0 Å². The van der Waals surface area contributed by atoms with Crippen molar-refractivity contribution in [3.63, 3.8) is 0 Å². The van der Waals surface area contributed by atoms with Gasteiger partial charge in [0.1, 0.15) is 11.5 Å². The lowest BCUT2D eigenvalue weighted by atomic mass is 10.1. The lowest BCUT2D eigenvalue weighted by molar-refractivity contribution is 0.337. The smallest absolute Gasteiger partial charge is 0.162 e. The lowest BCUT2D eigenvalue weighted by Gasteiger charge is -2.09. The number of aromatic hydroxyl groups is 1. The van der Waals surface area contributed by atoms with Crippen molar-refractivity contribution in [1.29, 1.82) is 0 Å². The second-order valence-electron chi connectivity index (χ2n) is 6.80. The zero-order valence-corrected chi connectivity index (χ0v) is 16.8. The van der Waals surface area contributed by atoms with Crippen LogP contribution in [0.15, 0.2) is 71.8 Å². The van der Waals surface area contributed by atoms with E-state index in [1.165, 1.54) is 5.56 Å². The van der Waals surface area contributed by atoms with Gasteiger partial charge >= 0.3 is 0 Å². The Morgan fingerprint density at radius 2 is 1.83 bits per heavy atom. The molecule has 0 fully saturated rings. The van der Waals surface area contributed by atoms with Crippen molar-refractivity contribution in [3.05, 3.63) is 77.9 Å². The molecule has 0 spiro atoms. The fourth-order valence-electron chi connectivity index (χ4n) is 3.05. The molecule has 4 aromatic rings. The van der Waals surface area contributed by atoms with Crippen molar-refractivity contribution in [2.24, 2.45) is 5.10 Å². The van der Waals surface area contributed by atoms with Crippen molar-refractivity contribution in [2.75, 3.05) is 12.0 Å². The quantitative estimate of drug-likeness (QED) is 0.347. The Bertz CT molecular complexity index is 1200. The fourth-order valence-corrected chi connectivity index (χ4v) is 3.05. The molecule has 3 aromatic carbocycles. The number of nitrogens with zero attached hydrogens (tertiary/aromatic N) is 3. The molecule has 6 nitrogen and oxygen atoms in total. The number of nitrogens with one attached hydrogen (secondary N) is 1. The average Bonchev–Trinajstić information content (AvgIpc) is 2.76. The summed E-state index contributed by atoms with van der Waals surface area (Å²) in [5.74, 6) is 1.93. The van der Waals surface area contributed by atoms with Gasteiger partial charge in [0, 0.05) is 22.6 Å². The van der Waals surface area contributed by atoms with E-state index in [1.807, 2.05) is 62.4 Å². The predicted molar refractivity (Wildman–Crippen MR) is 120 cm³/mol. The van der Waals surface area contributed by atoms with Crippen LogP contribution in [0.3, 0.4) is 0 Å². The third-order valence-corrected chi connectivity index (χ3v) is 4.60. The molecule has 0 unspecified atom stereocenters. The molecule has 2 N–H and O–H groups in total. The number of hydrogen-bond acceptors (Lipinski definition) is 6. The number of phenolic OH excluding ortho intramolecular Hbond substituents is 1. The highest BCUT2D eigenvalue weighted by molar-refractivity contribution is 5.91. The molecule has 0 amide bonds. The summed E-state index contributed by atoms with van der Waals surface area (Å²) in [5.41, 5.74) is 6.51. The number of hydrazone groups is 1. The standard InChI is InChI=1S/C24H22N4O2/c1-3-30-19-13-12-18(22(29)14-19)15-25-28-24-20-6-4-5-7-21(20)26-23(27-24)17-10-8-16(2)9-11-17/h4-15,29H,3H2,1-2H3,(H,26,27,28). The van der Waals surface area contributed by atoms with Crippen LogP contribution in [0.4, 0.5) is 5.82 Å². The maximum absolute atomic E-state index is 10.2. The number of rotatable bonds is 6. The van der Waals surface area contributed by atoms with Crippen LogP contribution in [0.1, 0.15) is 18.1 Å². The monoisotopic (exact) mass is 398 g/mol. The molecule has 30 heavy (non-hydrogen) atoms.